The van der Waals surface area contributed by atoms with Crippen molar-refractivity contribution >= 4 is 96.2 Å². The Morgan fingerprint density at radius 2 is 1.05 bits per heavy atom. The molecule has 0 aliphatic rings. The molecule has 19 nitrogen and oxygen atoms in total. The molecule has 14 aromatic rings. The Bertz CT molecular complexity index is 5570. The first-order chi connectivity index (χ1) is 56.7. The van der Waals surface area contributed by atoms with E-state index in [1.165, 1.54) is 39.5 Å². The summed E-state index contributed by atoms with van der Waals surface area (Å²) in [5.74, 6) is 1.26. The van der Waals surface area contributed by atoms with Crippen molar-refractivity contribution in [3.63, 3.8) is 0 Å². The predicted molar refractivity (Wildman–Crippen MR) is 473 cm³/mol. The molecule has 0 fully saturated rings. The fourth-order valence-electron chi connectivity index (χ4n) is 11.3. The number of rotatable bonds is 21. The molecule has 0 radical (unpaired) electrons. The lowest BCUT2D eigenvalue weighted by Crippen LogP contribution is -2.32. The highest BCUT2D eigenvalue weighted by molar-refractivity contribution is 7.89. The molecule has 3 aromatic heterocycles. The number of ether oxygens (including phenoxy) is 1. The molecule has 0 atom stereocenters. The van der Waals surface area contributed by atoms with Crippen molar-refractivity contribution in [3.8, 4) is 28.5 Å². The van der Waals surface area contributed by atoms with Gasteiger partial charge in [-0.1, -0.05) is 215 Å². The number of benzene rings is 11. The van der Waals surface area contributed by atoms with Crippen LogP contribution in [0.5, 0.6) is 5.75 Å². The molecule has 0 saturated heterocycles. The van der Waals surface area contributed by atoms with E-state index in [0.717, 1.165) is 86.4 Å². The maximum absolute atomic E-state index is 12.7. The van der Waals surface area contributed by atoms with Gasteiger partial charge >= 0.3 is 0 Å². The molecule has 3 heterocycles. The van der Waals surface area contributed by atoms with E-state index < -0.39 is 10.0 Å². The van der Waals surface area contributed by atoms with Crippen LogP contribution in [0.2, 0.25) is 15.1 Å². The molecule has 0 spiro atoms. The second kappa shape index (κ2) is 46.4. The van der Waals surface area contributed by atoms with Gasteiger partial charge in [0.05, 0.1) is 33.1 Å². The van der Waals surface area contributed by atoms with Gasteiger partial charge in [0.15, 0.2) is 0 Å². The number of carbonyl (C=O) groups is 3. The van der Waals surface area contributed by atoms with E-state index in [4.69, 9.17) is 48.5 Å². The molecule has 118 heavy (non-hydrogen) atoms. The average Bonchev–Trinajstić information content (AvgIpc) is 1.59. The van der Waals surface area contributed by atoms with Crippen LogP contribution in [-0.2, 0) is 16.6 Å². The lowest BCUT2D eigenvalue weighted by Gasteiger charge is -2.21. The third-order valence-corrected chi connectivity index (χ3v) is 20.9. The maximum atomic E-state index is 12.7. The van der Waals surface area contributed by atoms with E-state index in [0.29, 0.717) is 80.9 Å². The van der Waals surface area contributed by atoms with E-state index >= 15 is 0 Å². The zero-order valence-electron chi connectivity index (χ0n) is 67.4. The fraction of sp³-hybridized carbons (Fsp3) is 0.191. The first kappa shape index (κ1) is 91.2. The Labute approximate surface area is 704 Å². The SMILES string of the molecule is CCCN(CCC)S(=O)(=O)c1ccc(C(=O)Nc2ccc(C)cc2)cc1.Cc1c([N+](=O)[O-])ccc2c1ccn2Cc1ccccc1.Cc1ccc(-c2nnco2)cc1.Cc1ccc(NC(=O)c2c(-c3ccccc3)noc2C)cc1.Cc1ccc(NC(=O)c2ccc(Cl)cc2)cc1.Cc1ccc(OCCCF)cc1.Cc1cccc(Cl)c1Cl. The molecule has 0 aliphatic heterocycles. The minimum absolute atomic E-state index is 0.134. The third-order valence-electron chi connectivity index (χ3n) is 17.8. The van der Waals surface area contributed by atoms with Crippen molar-refractivity contribution < 1.29 is 45.8 Å². The van der Waals surface area contributed by atoms with Crippen molar-refractivity contribution in [1.82, 2.24) is 24.2 Å². The monoisotopic (exact) mass is 1670 g/mol. The topological polar surface area (TPSA) is 247 Å². The van der Waals surface area contributed by atoms with Crippen LogP contribution >= 0.6 is 34.8 Å². The molecule has 0 saturated carbocycles. The van der Waals surface area contributed by atoms with Crippen LogP contribution in [0.1, 0.15) is 114 Å². The van der Waals surface area contributed by atoms with Gasteiger partial charge in [0.2, 0.25) is 22.3 Å². The van der Waals surface area contributed by atoms with Gasteiger partial charge in [-0.25, -0.2) is 8.42 Å². The minimum atomic E-state index is -3.53. The van der Waals surface area contributed by atoms with E-state index in [9.17, 15) is 37.3 Å². The summed E-state index contributed by atoms with van der Waals surface area (Å²) in [4.78, 5) is 47.6. The number of anilines is 3. The van der Waals surface area contributed by atoms with Gasteiger partial charge in [-0.05, 0) is 207 Å². The van der Waals surface area contributed by atoms with Crippen LogP contribution in [0.3, 0.4) is 0 Å². The molecule has 24 heteroatoms. The lowest BCUT2D eigenvalue weighted by atomic mass is 10.1. The summed E-state index contributed by atoms with van der Waals surface area (Å²) in [7, 11) is -3.53. The number of fused-ring (bicyclic) bond motifs is 1. The third kappa shape index (κ3) is 28.2. The maximum Gasteiger partial charge on any atom is 0.273 e. The highest BCUT2D eigenvalue weighted by Crippen LogP contribution is 2.31. The van der Waals surface area contributed by atoms with Gasteiger partial charge in [-0.15, -0.1) is 10.2 Å². The number of carbonyl (C=O) groups excluding carboxylic acids is 3. The van der Waals surface area contributed by atoms with Crippen LogP contribution in [0, 0.1) is 65.5 Å². The number of nitrogens with one attached hydrogen (secondary N) is 3. The van der Waals surface area contributed by atoms with Gasteiger partial charge in [-0.3, -0.25) is 28.9 Å². The van der Waals surface area contributed by atoms with E-state index in [1.807, 2.05) is 256 Å². The molecule has 3 N–H and O–H groups in total. The summed E-state index contributed by atoms with van der Waals surface area (Å²) in [6.07, 6.45) is 5.30. The molecule has 11 aromatic carbocycles. The Balaban J connectivity index is 0.000000176. The first-order valence-electron chi connectivity index (χ1n) is 38.0. The largest absolute Gasteiger partial charge is 0.494 e. The Morgan fingerprint density at radius 3 is 1.53 bits per heavy atom. The second-order valence-corrected chi connectivity index (χ2v) is 30.4. The summed E-state index contributed by atoms with van der Waals surface area (Å²) >= 11 is 17.2. The van der Waals surface area contributed by atoms with Crippen LogP contribution in [0.15, 0.2) is 293 Å². The Morgan fingerprint density at radius 1 is 0.559 bits per heavy atom. The molecule has 610 valence electrons. The fourth-order valence-corrected chi connectivity index (χ4v) is 13.4. The van der Waals surface area contributed by atoms with Gasteiger partial charge in [0.1, 0.15) is 22.8 Å². The van der Waals surface area contributed by atoms with Crippen molar-refractivity contribution in [3.05, 3.63) is 372 Å². The quantitative estimate of drug-likeness (QED) is 0.0344. The van der Waals surface area contributed by atoms with Crippen LogP contribution in [0.4, 0.5) is 27.1 Å². The average molecular weight is 1670 g/mol. The number of hydrogen-bond donors (Lipinski definition) is 3. The van der Waals surface area contributed by atoms with Gasteiger partial charge < -0.3 is 34.2 Å². The predicted octanol–water partition coefficient (Wildman–Crippen LogP) is 24.2. The number of nitro benzene ring substituents is 1. The summed E-state index contributed by atoms with van der Waals surface area (Å²) in [6.45, 7) is 21.3. The highest BCUT2D eigenvalue weighted by atomic mass is 35.5. The van der Waals surface area contributed by atoms with Gasteiger partial charge in [0.25, 0.3) is 23.4 Å². The zero-order chi connectivity index (χ0) is 85.1. The van der Waals surface area contributed by atoms with Crippen LogP contribution < -0.4 is 20.7 Å². The van der Waals surface area contributed by atoms with E-state index in [1.54, 1.807) is 62.4 Å². The lowest BCUT2D eigenvalue weighted by molar-refractivity contribution is -0.385. The van der Waals surface area contributed by atoms with Crippen molar-refractivity contribution in [2.24, 2.45) is 0 Å². The number of amides is 3. The molecular formula is C94H95Cl3FN9O10S. The first-order valence-corrected chi connectivity index (χ1v) is 40.6. The summed E-state index contributed by atoms with van der Waals surface area (Å²) in [5.41, 5.74) is 16.1. The summed E-state index contributed by atoms with van der Waals surface area (Å²) in [6, 6.07) is 82.0. The minimum Gasteiger partial charge on any atom is -0.494 e. The Kier molecular flexibility index (Phi) is 35.8. The Hall–Kier alpha value is -12.4. The summed E-state index contributed by atoms with van der Waals surface area (Å²) < 4.78 is 56.3. The number of aromatic nitrogens is 4. The van der Waals surface area contributed by atoms with Crippen LogP contribution in [0.25, 0.3) is 33.6 Å². The molecule has 14 rings (SSSR count). The zero-order valence-corrected chi connectivity index (χ0v) is 70.5. The number of nitrogens with zero attached hydrogens (tertiary/aromatic N) is 6. The normalized spacial score (nSPS) is 10.5. The van der Waals surface area contributed by atoms with Crippen molar-refractivity contribution in [2.75, 3.05) is 42.3 Å². The number of sulfonamides is 1. The van der Waals surface area contributed by atoms with Gasteiger partial charge in [0, 0.05) is 99.1 Å². The molecule has 0 unspecified atom stereocenters. The second-order valence-electron chi connectivity index (χ2n) is 27.2. The smallest absolute Gasteiger partial charge is 0.273 e. The number of nitro groups is 1. The van der Waals surface area contributed by atoms with Crippen molar-refractivity contribution in [2.45, 2.75) is 99.9 Å². The highest BCUT2D eigenvalue weighted by Gasteiger charge is 2.25. The number of hydrogen-bond acceptors (Lipinski definition) is 13. The van der Waals surface area contributed by atoms with E-state index in [-0.39, 0.29) is 39.9 Å². The summed E-state index contributed by atoms with van der Waals surface area (Å²) in [5, 5.41) is 33.7. The van der Waals surface area contributed by atoms with Crippen LogP contribution in [-0.4, -0.2) is 81.7 Å². The molecular weight excluding hydrogens is 1570 g/mol. The molecule has 0 bridgehead atoms. The van der Waals surface area contributed by atoms with Crippen molar-refractivity contribution in [1.29, 1.82) is 0 Å². The number of halogens is 4. The standard InChI is InChI=1S/C20H26N2O3S.C18H16N2O2.C16H14N2O2.C14H12ClNO.C10H13FO.C9H8N2O.C7H6Cl2/c1-4-14-22(15-5-2)26(24,25)19-12-8-17(9-13-19)20(23)21-18-10-6-16(3)7-11-18;1-12-8-10-15(11-9-12)19-18(21)16-13(2)22-20-17(16)14-6-4-3-5-7-14;1-12-14-9-10-17(11-13-5-3-2-4-6-13)16(14)8-7-15(12)18(19)20;1-10-2-8-13(9-3-10)16-14(17)11-4-6-12(15)7-5-11;1-9-3-5-10(6-4-9)12-8-2-7-11;1-7-2-4-8(5-3-7)9-11-10-6-12-9;1-5-3-2-4-6(8)7(5)9/h6-13H,4-5,14-15H2,1-3H3,(H,21,23);3-11H,1-2H3,(H,19,21);2-10H,11H2,1H3;2-9H,1H3,(H,16,17);3-6H,2,7-8H2,1H3;2-6H,1H3;2-4H,1H3. The molecule has 3 amide bonds. The number of aryl methyl sites for hydroxylation is 8. The number of alkyl halides is 1. The van der Waals surface area contributed by atoms with E-state index in [2.05, 4.69) is 48.0 Å². The molecule has 0 aliphatic carbocycles. The van der Waals surface area contributed by atoms with Gasteiger partial charge in [-0.2, -0.15) is 4.31 Å².